The van der Waals surface area contributed by atoms with Gasteiger partial charge in [-0.2, -0.15) is 0 Å². The topological polar surface area (TPSA) is 209 Å². The van der Waals surface area contributed by atoms with Crippen molar-refractivity contribution < 1.29 is 29.1 Å². The first-order valence-corrected chi connectivity index (χ1v) is 17.7. The van der Waals surface area contributed by atoms with Crippen LogP contribution in [0, 0.1) is 5.92 Å². The standard InChI is InChI=1S/C37H53N7O6/c1-24(2)20-30(33(46)41-28(14-8-9-17-38)35(48)44-18-15-37(39,16-19-44)36(49)50)42-34(47)31(21-25-10-4-3-5-11-25)43-32(45)29-22-26-12-6-7-13-27(26)23-40-29/h3-7,10-13,24,28-31,40H,8-9,14-23,38-39H2,1-2H3,(H,41,46)(H,42,47)(H,43,45)(H,49,50)/t28-,29-,30-,31-/m1/s1. The maximum Gasteiger partial charge on any atom is 0.323 e. The van der Waals surface area contributed by atoms with Crippen molar-refractivity contribution in [3.8, 4) is 0 Å². The second-order valence-electron chi connectivity index (χ2n) is 14.0. The number of aliphatic carboxylic acids is 1. The number of carboxylic acid groups (broad SMARTS) is 1. The van der Waals surface area contributed by atoms with E-state index in [2.05, 4.69) is 21.3 Å². The number of nitrogens with one attached hydrogen (secondary N) is 4. The number of carboxylic acids is 1. The molecule has 50 heavy (non-hydrogen) atoms. The van der Waals surface area contributed by atoms with Gasteiger partial charge in [-0.05, 0) is 74.1 Å². The Morgan fingerprint density at radius 2 is 1.50 bits per heavy atom. The quantitative estimate of drug-likeness (QED) is 0.125. The Bertz CT molecular complexity index is 1480. The molecule has 2 heterocycles. The Kier molecular flexibility index (Phi) is 13.9. The monoisotopic (exact) mass is 691 g/mol. The SMILES string of the molecule is CC(C)C[C@@H](NC(=O)[C@@H](Cc1ccccc1)NC(=O)[C@H]1Cc2ccccc2CN1)C(=O)N[C@H](CCCCN)C(=O)N1CCC(N)(C(=O)O)CC1. The lowest BCUT2D eigenvalue weighted by atomic mass is 9.88. The molecule has 1 saturated heterocycles. The normalized spacial score (nSPS) is 18.7. The van der Waals surface area contributed by atoms with E-state index in [1.165, 1.54) is 0 Å². The van der Waals surface area contributed by atoms with E-state index in [0.29, 0.717) is 45.2 Å². The molecule has 2 aliphatic heterocycles. The molecule has 0 spiro atoms. The van der Waals surface area contributed by atoms with Crippen LogP contribution in [0.15, 0.2) is 54.6 Å². The highest BCUT2D eigenvalue weighted by molar-refractivity contribution is 5.95. The smallest absolute Gasteiger partial charge is 0.323 e. The summed E-state index contributed by atoms with van der Waals surface area (Å²) in [5.74, 6) is -2.74. The number of unbranched alkanes of at least 4 members (excludes halogenated alkanes) is 1. The molecule has 1 fully saturated rings. The largest absolute Gasteiger partial charge is 0.480 e. The minimum atomic E-state index is -1.40. The van der Waals surface area contributed by atoms with Gasteiger partial charge < -0.3 is 42.7 Å². The van der Waals surface area contributed by atoms with Crippen molar-refractivity contribution in [1.82, 2.24) is 26.2 Å². The van der Waals surface area contributed by atoms with Gasteiger partial charge in [0.1, 0.15) is 23.7 Å². The number of nitrogens with zero attached hydrogens (tertiary/aromatic N) is 1. The number of carbonyl (C=O) groups excluding carboxylic acids is 4. The number of piperidine rings is 1. The zero-order chi connectivity index (χ0) is 36.3. The van der Waals surface area contributed by atoms with Crippen LogP contribution < -0.4 is 32.7 Å². The molecule has 272 valence electrons. The molecule has 0 unspecified atom stereocenters. The summed E-state index contributed by atoms with van der Waals surface area (Å²) in [6, 6.07) is 13.9. The van der Waals surface area contributed by atoms with E-state index >= 15 is 0 Å². The Hall–Kier alpha value is -4.33. The Morgan fingerprint density at radius 3 is 2.14 bits per heavy atom. The lowest BCUT2D eigenvalue weighted by molar-refractivity contribution is -0.148. The first-order valence-electron chi connectivity index (χ1n) is 17.7. The molecule has 0 bridgehead atoms. The van der Waals surface area contributed by atoms with Crippen LogP contribution in [0.2, 0.25) is 0 Å². The second kappa shape index (κ2) is 18.1. The predicted molar refractivity (Wildman–Crippen MR) is 189 cm³/mol. The number of hydrogen-bond donors (Lipinski definition) is 7. The lowest BCUT2D eigenvalue weighted by Crippen LogP contribution is -2.61. The van der Waals surface area contributed by atoms with Gasteiger partial charge in [0.2, 0.25) is 23.6 Å². The maximum atomic E-state index is 14.0. The van der Waals surface area contributed by atoms with Crippen LogP contribution in [0.25, 0.3) is 0 Å². The third-order valence-electron chi connectivity index (χ3n) is 9.61. The molecule has 9 N–H and O–H groups in total. The highest BCUT2D eigenvalue weighted by Gasteiger charge is 2.40. The van der Waals surface area contributed by atoms with Gasteiger partial charge >= 0.3 is 5.97 Å². The summed E-state index contributed by atoms with van der Waals surface area (Å²) in [5, 5.41) is 21.5. The molecular weight excluding hydrogens is 638 g/mol. The van der Waals surface area contributed by atoms with E-state index in [4.69, 9.17) is 11.5 Å². The fourth-order valence-corrected chi connectivity index (χ4v) is 6.53. The van der Waals surface area contributed by atoms with Crippen LogP contribution in [-0.4, -0.2) is 88.9 Å². The number of likely N-dealkylation sites (tertiary alicyclic amines) is 1. The van der Waals surface area contributed by atoms with Gasteiger partial charge in [0.25, 0.3) is 0 Å². The molecule has 0 aromatic heterocycles. The van der Waals surface area contributed by atoms with E-state index in [0.717, 1.165) is 16.7 Å². The summed E-state index contributed by atoms with van der Waals surface area (Å²) in [4.78, 5) is 68.3. The molecule has 13 nitrogen and oxygen atoms in total. The Balaban J connectivity index is 1.48. The summed E-state index contributed by atoms with van der Waals surface area (Å²) < 4.78 is 0. The van der Waals surface area contributed by atoms with Crippen LogP contribution in [0.4, 0.5) is 0 Å². The maximum absolute atomic E-state index is 14.0. The molecule has 2 aromatic carbocycles. The number of fused-ring (bicyclic) bond motifs is 1. The van der Waals surface area contributed by atoms with Crippen LogP contribution >= 0.6 is 0 Å². The highest BCUT2D eigenvalue weighted by atomic mass is 16.4. The molecule has 2 aliphatic rings. The first kappa shape index (κ1) is 38.5. The van der Waals surface area contributed by atoms with Gasteiger partial charge in [0, 0.05) is 26.1 Å². The summed E-state index contributed by atoms with van der Waals surface area (Å²) in [5.41, 5.74) is 13.4. The summed E-state index contributed by atoms with van der Waals surface area (Å²) >= 11 is 0. The van der Waals surface area contributed by atoms with E-state index in [1.807, 2.05) is 68.4 Å². The molecule has 4 atom stereocenters. The molecular formula is C37H53N7O6. The molecule has 4 amide bonds. The third kappa shape index (κ3) is 10.6. The predicted octanol–water partition coefficient (Wildman–Crippen LogP) is 0.978. The van der Waals surface area contributed by atoms with Gasteiger partial charge in [0.05, 0.1) is 6.04 Å². The average Bonchev–Trinajstić information content (AvgIpc) is 3.10. The van der Waals surface area contributed by atoms with E-state index < -0.39 is 47.5 Å². The fraction of sp³-hybridized carbons (Fsp3) is 0.541. The third-order valence-corrected chi connectivity index (χ3v) is 9.61. The van der Waals surface area contributed by atoms with Crippen LogP contribution in [0.1, 0.15) is 69.1 Å². The van der Waals surface area contributed by atoms with Crippen LogP contribution in [-0.2, 0) is 43.4 Å². The summed E-state index contributed by atoms with van der Waals surface area (Å²) in [6.45, 7) is 5.13. The fourth-order valence-electron chi connectivity index (χ4n) is 6.53. The molecule has 0 radical (unpaired) electrons. The number of benzene rings is 2. The van der Waals surface area contributed by atoms with Gasteiger partial charge in [0.15, 0.2) is 0 Å². The van der Waals surface area contributed by atoms with E-state index in [1.54, 1.807) is 4.90 Å². The van der Waals surface area contributed by atoms with Crippen molar-refractivity contribution in [3.63, 3.8) is 0 Å². The number of carbonyl (C=O) groups is 5. The molecule has 2 aromatic rings. The van der Waals surface area contributed by atoms with E-state index in [9.17, 15) is 29.1 Å². The molecule has 0 aliphatic carbocycles. The molecule has 13 heteroatoms. The van der Waals surface area contributed by atoms with Crippen molar-refractivity contribution in [1.29, 1.82) is 0 Å². The van der Waals surface area contributed by atoms with Gasteiger partial charge in [-0.1, -0.05) is 68.4 Å². The average molecular weight is 692 g/mol. The van der Waals surface area contributed by atoms with Crippen molar-refractivity contribution in [3.05, 3.63) is 71.3 Å². The first-order chi connectivity index (χ1) is 23.9. The Morgan fingerprint density at radius 1 is 0.880 bits per heavy atom. The number of rotatable bonds is 16. The molecule has 4 rings (SSSR count). The Labute approximate surface area is 294 Å². The van der Waals surface area contributed by atoms with Gasteiger partial charge in [-0.25, -0.2) is 0 Å². The number of hydrogen-bond acceptors (Lipinski definition) is 8. The van der Waals surface area contributed by atoms with Crippen LogP contribution in [0.5, 0.6) is 0 Å². The minimum absolute atomic E-state index is 0.0157. The zero-order valence-electron chi connectivity index (χ0n) is 29.2. The van der Waals surface area contributed by atoms with E-state index in [-0.39, 0.29) is 50.1 Å². The second-order valence-corrected chi connectivity index (χ2v) is 14.0. The van der Waals surface area contributed by atoms with Crippen molar-refractivity contribution in [2.75, 3.05) is 19.6 Å². The van der Waals surface area contributed by atoms with Crippen molar-refractivity contribution in [2.24, 2.45) is 17.4 Å². The van der Waals surface area contributed by atoms with Gasteiger partial charge in [-0.3, -0.25) is 24.0 Å². The van der Waals surface area contributed by atoms with Crippen molar-refractivity contribution >= 4 is 29.6 Å². The van der Waals surface area contributed by atoms with Gasteiger partial charge in [-0.15, -0.1) is 0 Å². The highest BCUT2D eigenvalue weighted by Crippen LogP contribution is 2.22. The zero-order valence-corrected chi connectivity index (χ0v) is 29.2. The minimum Gasteiger partial charge on any atom is -0.480 e. The van der Waals surface area contributed by atoms with Crippen molar-refractivity contribution in [2.45, 2.75) is 101 Å². The summed E-state index contributed by atoms with van der Waals surface area (Å²) in [6.07, 6.45) is 2.76. The lowest BCUT2D eigenvalue weighted by Gasteiger charge is -2.38. The molecule has 0 saturated carbocycles. The number of amides is 4. The number of nitrogens with two attached hydrogens (primary N) is 2. The summed E-state index contributed by atoms with van der Waals surface area (Å²) in [7, 11) is 0. The van der Waals surface area contributed by atoms with Crippen LogP contribution in [0.3, 0.4) is 0 Å².